The molecule has 3 aromatic rings. The van der Waals surface area contributed by atoms with Gasteiger partial charge in [-0.3, -0.25) is 0 Å². The lowest BCUT2D eigenvalue weighted by atomic mass is 10.2. The number of aryl methyl sites for hydroxylation is 1. The standard InChI is InChI=1S/C14H11N4/c1-11-7-9-15-14(17-11)12-3-5-13(6-4-12)18-10-2-8-16-18/h2-8,10H,1H3. The van der Waals surface area contributed by atoms with Crippen molar-refractivity contribution in [3.05, 3.63) is 60.7 Å². The molecule has 1 aromatic carbocycles. The SMILES string of the molecule is Cc1c[c]nc(-c2ccc(-n3cccn3)cc2)n1. The fourth-order valence-electron chi connectivity index (χ4n) is 1.73. The van der Waals surface area contributed by atoms with Gasteiger partial charge in [0.1, 0.15) is 0 Å². The first-order chi connectivity index (χ1) is 8.83. The topological polar surface area (TPSA) is 43.6 Å². The minimum Gasteiger partial charge on any atom is -0.241 e. The third-order valence-corrected chi connectivity index (χ3v) is 2.62. The van der Waals surface area contributed by atoms with Crippen LogP contribution in [0.1, 0.15) is 5.69 Å². The maximum absolute atomic E-state index is 4.37. The first-order valence-electron chi connectivity index (χ1n) is 5.65. The van der Waals surface area contributed by atoms with E-state index in [9.17, 15) is 0 Å². The summed E-state index contributed by atoms with van der Waals surface area (Å²) in [5, 5.41) is 4.18. The molecule has 0 aliphatic carbocycles. The zero-order valence-corrected chi connectivity index (χ0v) is 9.91. The minimum absolute atomic E-state index is 0.696. The Morgan fingerprint density at radius 2 is 2.00 bits per heavy atom. The van der Waals surface area contributed by atoms with Gasteiger partial charge in [0, 0.05) is 23.7 Å². The number of aromatic nitrogens is 4. The highest BCUT2D eigenvalue weighted by molar-refractivity contribution is 5.56. The van der Waals surface area contributed by atoms with Crippen molar-refractivity contribution in [2.45, 2.75) is 6.92 Å². The van der Waals surface area contributed by atoms with Crippen molar-refractivity contribution in [1.82, 2.24) is 19.7 Å². The molecule has 0 unspecified atom stereocenters. The van der Waals surface area contributed by atoms with E-state index in [1.54, 1.807) is 12.3 Å². The van der Waals surface area contributed by atoms with E-state index in [4.69, 9.17) is 0 Å². The molecule has 0 atom stereocenters. The van der Waals surface area contributed by atoms with Gasteiger partial charge in [0.2, 0.25) is 0 Å². The van der Waals surface area contributed by atoms with E-state index in [1.807, 2.05) is 48.1 Å². The van der Waals surface area contributed by atoms with Crippen molar-refractivity contribution >= 4 is 0 Å². The Balaban J connectivity index is 1.96. The number of nitrogens with zero attached hydrogens (tertiary/aromatic N) is 4. The summed E-state index contributed by atoms with van der Waals surface area (Å²) >= 11 is 0. The second kappa shape index (κ2) is 4.41. The molecular formula is C14H11N4. The van der Waals surface area contributed by atoms with Gasteiger partial charge in [-0.05, 0) is 43.3 Å². The number of hydrogen-bond donors (Lipinski definition) is 0. The van der Waals surface area contributed by atoms with E-state index in [2.05, 4.69) is 21.3 Å². The van der Waals surface area contributed by atoms with Crippen LogP contribution < -0.4 is 0 Å². The normalized spacial score (nSPS) is 10.5. The first-order valence-corrected chi connectivity index (χ1v) is 5.65. The summed E-state index contributed by atoms with van der Waals surface area (Å²) in [6.07, 6.45) is 6.51. The molecule has 4 heteroatoms. The fourth-order valence-corrected chi connectivity index (χ4v) is 1.73. The molecular weight excluding hydrogens is 224 g/mol. The van der Waals surface area contributed by atoms with Gasteiger partial charge < -0.3 is 0 Å². The van der Waals surface area contributed by atoms with Crippen molar-refractivity contribution in [3.63, 3.8) is 0 Å². The van der Waals surface area contributed by atoms with E-state index in [-0.39, 0.29) is 0 Å². The van der Waals surface area contributed by atoms with Crippen LogP contribution in [0.3, 0.4) is 0 Å². The van der Waals surface area contributed by atoms with Crippen LogP contribution in [0.5, 0.6) is 0 Å². The smallest absolute Gasteiger partial charge is 0.160 e. The highest BCUT2D eigenvalue weighted by Crippen LogP contribution is 2.16. The zero-order valence-electron chi connectivity index (χ0n) is 9.91. The van der Waals surface area contributed by atoms with E-state index < -0.39 is 0 Å². The average Bonchev–Trinajstić information content (AvgIpc) is 2.93. The lowest BCUT2D eigenvalue weighted by molar-refractivity contribution is 0.880. The van der Waals surface area contributed by atoms with E-state index in [0.717, 1.165) is 16.9 Å². The fraction of sp³-hybridized carbons (Fsp3) is 0.0714. The Hall–Kier alpha value is -2.49. The summed E-state index contributed by atoms with van der Waals surface area (Å²) in [5.74, 6) is 0.696. The maximum atomic E-state index is 4.37. The summed E-state index contributed by atoms with van der Waals surface area (Å²) < 4.78 is 1.81. The minimum atomic E-state index is 0.696. The van der Waals surface area contributed by atoms with E-state index in [1.165, 1.54) is 0 Å². The predicted octanol–water partition coefficient (Wildman–Crippen LogP) is 2.44. The van der Waals surface area contributed by atoms with Crippen molar-refractivity contribution in [2.24, 2.45) is 0 Å². The largest absolute Gasteiger partial charge is 0.241 e. The van der Waals surface area contributed by atoms with Crippen LogP contribution in [-0.4, -0.2) is 19.7 Å². The van der Waals surface area contributed by atoms with Gasteiger partial charge in [-0.2, -0.15) is 5.10 Å². The molecule has 0 aliphatic rings. The molecule has 0 aliphatic heterocycles. The molecule has 0 amide bonds. The molecule has 0 bridgehead atoms. The third-order valence-electron chi connectivity index (χ3n) is 2.62. The molecule has 87 valence electrons. The Morgan fingerprint density at radius 1 is 1.17 bits per heavy atom. The van der Waals surface area contributed by atoms with Gasteiger partial charge in [0.05, 0.1) is 11.9 Å². The molecule has 1 radical (unpaired) electrons. The quantitative estimate of drug-likeness (QED) is 0.685. The Bertz CT molecular complexity index is 642. The average molecular weight is 235 g/mol. The van der Waals surface area contributed by atoms with Crippen molar-refractivity contribution in [2.75, 3.05) is 0 Å². The van der Waals surface area contributed by atoms with Crippen LogP contribution in [-0.2, 0) is 0 Å². The summed E-state index contributed by atoms with van der Waals surface area (Å²) in [6.45, 7) is 1.93. The summed E-state index contributed by atoms with van der Waals surface area (Å²) in [6, 6.07) is 11.6. The second-order valence-corrected chi connectivity index (χ2v) is 3.96. The highest BCUT2D eigenvalue weighted by atomic mass is 15.3. The molecule has 2 aromatic heterocycles. The van der Waals surface area contributed by atoms with Crippen LogP contribution in [0, 0.1) is 13.1 Å². The second-order valence-electron chi connectivity index (χ2n) is 3.96. The molecule has 0 saturated carbocycles. The van der Waals surface area contributed by atoms with Gasteiger partial charge in [0.25, 0.3) is 0 Å². The molecule has 0 saturated heterocycles. The van der Waals surface area contributed by atoms with Crippen LogP contribution in [0.25, 0.3) is 17.1 Å². The van der Waals surface area contributed by atoms with Gasteiger partial charge in [0.15, 0.2) is 5.82 Å². The molecule has 2 heterocycles. The lowest BCUT2D eigenvalue weighted by Crippen LogP contribution is -1.95. The van der Waals surface area contributed by atoms with Crippen molar-refractivity contribution in [1.29, 1.82) is 0 Å². The molecule has 18 heavy (non-hydrogen) atoms. The van der Waals surface area contributed by atoms with Gasteiger partial charge >= 0.3 is 0 Å². The van der Waals surface area contributed by atoms with Crippen molar-refractivity contribution in [3.8, 4) is 17.1 Å². The Kier molecular flexibility index (Phi) is 2.61. The zero-order chi connectivity index (χ0) is 12.4. The lowest BCUT2D eigenvalue weighted by Gasteiger charge is -2.03. The number of benzene rings is 1. The monoisotopic (exact) mass is 235 g/mol. The predicted molar refractivity (Wildman–Crippen MR) is 68.2 cm³/mol. The Morgan fingerprint density at radius 3 is 2.67 bits per heavy atom. The van der Waals surface area contributed by atoms with Crippen LogP contribution >= 0.6 is 0 Å². The third kappa shape index (κ3) is 2.00. The number of hydrogen-bond acceptors (Lipinski definition) is 3. The van der Waals surface area contributed by atoms with Crippen LogP contribution in [0.2, 0.25) is 0 Å². The van der Waals surface area contributed by atoms with Crippen LogP contribution in [0.4, 0.5) is 0 Å². The van der Waals surface area contributed by atoms with Gasteiger partial charge in [-0.25, -0.2) is 14.6 Å². The molecule has 0 N–H and O–H groups in total. The molecule has 4 nitrogen and oxygen atoms in total. The Labute approximate surface area is 105 Å². The summed E-state index contributed by atoms with van der Waals surface area (Å²) in [7, 11) is 0. The summed E-state index contributed by atoms with van der Waals surface area (Å²) in [5.41, 5.74) is 2.90. The van der Waals surface area contributed by atoms with Gasteiger partial charge in [-0.15, -0.1) is 0 Å². The first kappa shape index (κ1) is 10.7. The molecule has 0 fully saturated rings. The molecule has 0 spiro atoms. The maximum Gasteiger partial charge on any atom is 0.160 e. The van der Waals surface area contributed by atoms with Gasteiger partial charge in [-0.1, -0.05) is 0 Å². The molecule has 3 rings (SSSR count). The van der Waals surface area contributed by atoms with Crippen molar-refractivity contribution < 1.29 is 0 Å². The number of rotatable bonds is 2. The van der Waals surface area contributed by atoms with Crippen LogP contribution in [0.15, 0.2) is 48.8 Å². The summed E-state index contributed by atoms with van der Waals surface area (Å²) in [4.78, 5) is 8.51. The highest BCUT2D eigenvalue weighted by Gasteiger charge is 2.02. The van der Waals surface area contributed by atoms with E-state index >= 15 is 0 Å². The van der Waals surface area contributed by atoms with E-state index in [0.29, 0.717) is 5.82 Å².